The second-order valence-electron chi connectivity index (χ2n) is 13.3. The van der Waals surface area contributed by atoms with E-state index in [-0.39, 0.29) is 0 Å². The Balaban J connectivity index is 1.44. The third-order valence-corrected chi connectivity index (χ3v) is 10.3. The van der Waals surface area contributed by atoms with Crippen LogP contribution < -0.4 is 0 Å². The molecular weight excluding hydrogens is 649 g/mol. The molecule has 0 aliphatic heterocycles. The van der Waals surface area contributed by atoms with E-state index in [1.165, 1.54) is 0 Å². The van der Waals surface area contributed by atoms with Gasteiger partial charge in [-0.3, -0.25) is 14.1 Å². The van der Waals surface area contributed by atoms with Gasteiger partial charge in [-0.25, -0.2) is 9.97 Å². The molecule has 0 spiro atoms. The Kier molecular flexibility index (Phi) is 6.45. The SMILES string of the molecule is c1ccc(-c2nc3c4c5ccccc5n(-c5ccccc5)c4c4c5ccccc5n(-c5cccc(-c6cccnc6)n5)c4c3n2-c2ccccc2)cc1. The molecule has 0 saturated heterocycles. The van der Waals surface area contributed by atoms with Crippen LogP contribution in [-0.4, -0.2) is 28.7 Å². The maximum Gasteiger partial charge on any atom is 0.145 e. The van der Waals surface area contributed by atoms with E-state index in [9.17, 15) is 0 Å². The summed E-state index contributed by atoms with van der Waals surface area (Å²) in [7, 11) is 0. The molecule has 6 nitrogen and oxygen atoms in total. The molecule has 0 atom stereocenters. The molecule has 11 rings (SSSR count). The number of benzene rings is 6. The molecule has 0 unspecified atom stereocenters. The van der Waals surface area contributed by atoms with E-state index in [4.69, 9.17) is 9.97 Å². The molecule has 0 fully saturated rings. The second-order valence-corrected chi connectivity index (χ2v) is 13.3. The number of hydrogen-bond acceptors (Lipinski definition) is 3. The first-order chi connectivity index (χ1) is 26.3. The van der Waals surface area contributed by atoms with Crippen LogP contribution in [0.1, 0.15) is 0 Å². The fraction of sp³-hybridized carbons (Fsp3) is 0. The van der Waals surface area contributed by atoms with Crippen LogP contribution in [0.3, 0.4) is 0 Å². The van der Waals surface area contributed by atoms with Gasteiger partial charge < -0.3 is 4.57 Å². The standard InChI is InChI=1S/C47H30N6/c1-4-16-31(17-5-1)47-50-43-41-35-23-10-12-26-38(35)51(33-19-6-2-7-20-33)44(41)42-36-24-11-13-27-39(36)53(45(42)46(43)52(47)34-21-8-3-9-22-34)40-28-14-25-37(49-40)32-18-15-29-48-30-32/h1-30H. The molecule has 0 bridgehead atoms. The van der Waals surface area contributed by atoms with Gasteiger partial charge in [-0.15, -0.1) is 0 Å². The largest absolute Gasteiger partial charge is 0.308 e. The Labute approximate surface area is 304 Å². The lowest BCUT2D eigenvalue weighted by Crippen LogP contribution is -2.02. The summed E-state index contributed by atoms with van der Waals surface area (Å²) in [6, 6.07) is 59.5. The minimum Gasteiger partial charge on any atom is -0.308 e. The lowest BCUT2D eigenvalue weighted by Gasteiger charge is -2.14. The van der Waals surface area contributed by atoms with E-state index in [0.29, 0.717) is 0 Å². The van der Waals surface area contributed by atoms with Crippen LogP contribution in [0.15, 0.2) is 182 Å². The van der Waals surface area contributed by atoms with Crippen molar-refractivity contribution in [1.29, 1.82) is 0 Å². The normalized spacial score (nSPS) is 11.8. The molecule has 0 N–H and O–H groups in total. The summed E-state index contributed by atoms with van der Waals surface area (Å²) in [5.74, 6) is 1.70. The summed E-state index contributed by atoms with van der Waals surface area (Å²) in [6.07, 6.45) is 3.66. The van der Waals surface area contributed by atoms with Gasteiger partial charge in [-0.1, -0.05) is 109 Å². The molecule has 5 aromatic heterocycles. The van der Waals surface area contributed by atoms with Crippen molar-refractivity contribution in [3.63, 3.8) is 0 Å². The summed E-state index contributed by atoms with van der Waals surface area (Å²) in [6.45, 7) is 0. The quantitative estimate of drug-likeness (QED) is 0.182. The first-order valence-electron chi connectivity index (χ1n) is 17.8. The van der Waals surface area contributed by atoms with E-state index >= 15 is 0 Å². The number of fused-ring (bicyclic) bond motifs is 10. The molecule has 248 valence electrons. The minimum absolute atomic E-state index is 0.822. The van der Waals surface area contributed by atoms with Crippen molar-refractivity contribution >= 4 is 54.6 Å². The Bertz CT molecular complexity index is 3140. The van der Waals surface area contributed by atoms with Gasteiger partial charge in [0.15, 0.2) is 0 Å². The number of pyridine rings is 2. The van der Waals surface area contributed by atoms with Crippen LogP contribution in [0.25, 0.3) is 94.5 Å². The van der Waals surface area contributed by atoms with Crippen molar-refractivity contribution < 1.29 is 0 Å². The van der Waals surface area contributed by atoms with Crippen LogP contribution in [0.4, 0.5) is 0 Å². The van der Waals surface area contributed by atoms with Gasteiger partial charge in [-0.05, 0) is 60.7 Å². The number of rotatable bonds is 5. The van der Waals surface area contributed by atoms with Crippen LogP contribution in [-0.2, 0) is 0 Å². The van der Waals surface area contributed by atoms with Crippen molar-refractivity contribution in [3.05, 3.63) is 182 Å². The minimum atomic E-state index is 0.822. The van der Waals surface area contributed by atoms with Crippen molar-refractivity contribution in [2.24, 2.45) is 0 Å². The first kappa shape index (κ1) is 29.4. The van der Waals surface area contributed by atoms with Crippen molar-refractivity contribution in [1.82, 2.24) is 28.7 Å². The van der Waals surface area contributed by atoms with Gasteiger partial charge in [0, 0.05) is 56.4 Å². The number of aromatic nitrogens is 6. The summed E-state index contributed by atoms with van der Waals surface area (Å²) in [5, 5.41) is 4.57. The molecule has 0 saturated carbocycles. The first-order valence-corrected chi connectivity index (χ1v) is 17.8. The summed E-state index contributed by atoms with van der Waals surface area (Å²) in [5.41, 5.74) is 11.3. The Morgan fingerprint density at radius 2 is 1.00 bits per heavy atom. The third-order valence-electron chi connectivity index (χ3n) is 10.3. The highest BCUT2D eigenvalue weighted by Crippen LogP contribution is 2.48. The zero-order valence-corrected chi connectivity index (χ0v) is 28.5. The van der Waals surface area contributed by atoms with Gasteiger partial charge in [-0.2, -0.15) is 0 Å². The van der Waals surface area contributed by atoms with Crippen molar-refractivity contribution in [2.45, 2.75) is 0 Å². The number of para-hydroxylation sites is 4. The van der Waals surface area contributed by atoms with Crippen LogP contribution >= 0.6 is 0 Å². The molecule has 0 aliphatic rings. The molecule has 0 aliphatic carbocycles. The highest BCUT2D eigenvalue weighted by Gasteiger charge is 2.29. The molecule has 11 aromatic rings. The summed E-state index contributed by atoms with van der Waals surface area (Å²) in [4.78, 5) is 15.4. The molecule has 6 heteroatoms. The summed E-state index contributed by atoms with van der Waals surface area (Å²) >= 11 is 0. The molecule has 0 radical (unpaired) electrons. The van der Waals surface area contributed by atoms with Crippen molar-refractivity contribution in [3.8, 4) is 39.8 Å². The summed E-state index contributed by atoms with van der Waals surface area (Å²) < 4.78 is 7.11. The Hall–Kier alpha value is -7.31. The zero-order chi connectivity index (χ0) is 34.9. The fourth-order valence-corrected chi connectivity index (χ4v) is 8.15. The maximum absolute atomic E-state index is 5.67. The molecule has 6 aromatic carbocycles. The molecule has 0 amide bonds. The number of nitrogens with zero attached hydrogens (tertiary/aromatic N) is 6. The van der Waals surface area contributed by atoms with Gasteiger partial charge in [0.25, 0.3) is 0 Å². The van der Waals surface area contributed by atoms with E-state index in [1.807, 2.05) is 12.3 Å². The average Bonchev–Trinajstić information content (AvgIpc) is 3.91. The molecular formula is C47H30N6. The van der Waals surface area contributed by atoms with E-state index in [2.05, 4.69) is 182 Å². The Morgan fingerprint density at radius 1 is 0.396 bits per heavy atom. The van der Waals surface area contributed by atoms with Crippen molar-refractivity contribution in [2.75, 3.05) is 0 Å². The average molecular weight is 679 g/mol. The third kappa shape index (κ3) is 4.36. The Morgan fingerprint density at radius 3 is 1.70 bits per heavy atom. The van der Waals surface area contributed by atoms with Crippen LogP contribution in [0.2, 0.25) is 0 Å². The highest BCUT2D eigenvalue weighted by atomic mass is 15.1. The fourth-order valence-electron chi connectivity index (χ4n) is 8.15. The number of hydrogen-bond donors (Lipinski definition) is 0. The van der Waals surface area contributed by atoms with E-state index < -0.39 is 0 Å². The predicted molar refractivity (Wildman–Crippen MR) is 216 cm³/mol. The smallest absolute Gasteiger partial charge is 0.145 e. The maximum atomic E-state index is 5.67. The van der Waals surface area contributed by atoms with Gasteiger partial charge in [0.2, 0.25) is 0 Å². The van der Waals surface area contributed by atoms with E-state index in [1.54, 1.807) is 6.20 Å². The van der Waals surface area contributed by atoms with Crippen LogP contribution in [0, 0.1) is 0 Å². The lowest BCUT2D eigenvalue weighted by atomic mass is 10.1. The molecule has 5 heterocycles. The highest BCUT2D eigenvalue weighted by molar-refractivity contribution is 6.36. The zero-order valence-electron chi connectivity index (χ0n) is 28.5. The molecule has 53 heavy (non-hydrogen) atoms. The predicted octanol–water partition coefficient (Wildman–Crippen LogP) is 11.3. The van der Waals surface area contributed by atoms with Gasteiger partial charge in [0.1, 0.15) is 17.2 Å². The van der Waals surface area contributed by atoms with Gasteiger partial charge >= 0.3 is 0 Å². The van der Waals surface area contributed by atoms with Gasteiger partial charge in [0.05, 0.1) is 33.3 Å². The topological polar surface area (TPSA) is 53.5 Å². The monoisotopic (exact) mass is 678 g/mol. The van der Waals surface area contributed by atoms with E-state index in [0.717, 1.165) is 94.5 Å². The lowest BCUT2D eigenvalue weighted by molar-refractivity contribution is 1.07. The second kappa shape index (κ2) is 11.6. The van der Waals surface area contributed by atoms with Crippen LogP contribution in [0.5, 0.6) is 0 Å². The number of imidazole rings is 1.